The largest absolute Gasteiger partial charge is 0.380 e. The van der Waals surface area contributed by atoms with Gasteiger partial charge in [0, 0.05) is 18.9 Å². The molecule has 2 aromatic rings. The van der Waals surface area contributed by atoms with E-state index in [1.165, 1.54) is 11.1 Å². The number of halogens is 1. The molecule has 0 saturated carbocycles. The topological polar surface area (TPSA) is 24.9 Å². The summed E-state index contributed by atoms with van der Waals surface area (Å²) in [5.74, 6) is 0. The second-order valence-electron chi connectivity index (χ2n) is 3.64. The maximum absolute atomic E-state index is 4.03. The van der Waals surface area contributed by atoms with Crippen molar-refractivity contribution in [2.45, 2.75) is 13.5 Å². The van der Waals surface area contributed by atoms with Gasteiger partial charge in [0.05, 0.1) is 10.2 Å². The molecule has 0 fully saturated rings. The van der Waals surface area contributed by atoms with E-state index in [2.05, 4.69) is 57.4 Å². The fraction of sp³-hybridized carbons (Fsp3) is 0.154. The summed E-state index contributed by atoms with van der Waals surface area (Å²) in [5.41, 5.74) is 3.68. The Kier molecular flexibility index (Phi) is 3.57. The zero-order chi connectivity index (χ0) is 11.4. The van der Waals surface area contributed by atoms with Crippen molar-refractivity contribution in [2.75, 3.05) is 5.32 Å². The Morgan fingerprint density at radius 3 is 2.81 bits per heavy atom. The van der Waals surface area contributed by atoms with Crippen molar-refractivity contribution < 1.29 is 0 Å². The van der Waals surface area contributed by atoms with Gasteiger partial charge >= 0.3 is 0 Å². The number of aromatic nitrogens is 1. The number of nitrogens with zero attached hydrogens (tertiary/aromatic N) is 1. The molecule has 3 heteroatoms. The predicted octanol–water partition coefficient (Wildman–Crippen LogP) is 3.76. The molecule has 0 spiro atoms. The molecule has 2 nitrogen and oxygen atoms in total. The molecule has 2 rings (SSSR count). The van der Waals surface area contributed by atoms with Crippen molar-refractivity contribution in [3.63, 3.8) is 0 Å². The third-order valence-electron chi connectivity index (χ3n) is 2.50. The van der Waals surface area contributed by atoms with Gasteiger partial charge in [0.25, 0.3) is 0 Å². The van der Waals surface area contributed by atoms with Crippen molar-refractivity contribution in [2.24, 2.45) is 0 Å². The van der Waals surface area contributed by atoms with E-state index in [1.54, 1.807) is 12.4 Å². The zero-order valence-electron chi connectivity index (χ0n) is 9.07. The summed E-state index contributed by atoms with van der Waals surface area (Å²) >= 11 is 3.46. The summed E-state index contributed by atoms with van der Waals surface area (Å²) in [7, 11) is 0. The Hall–Kier alpha value is -1.35. The first-order valence-corrected chi connectivity index (χ1v) is 5.94. The van der Waals surface area contributed by atoms with Crippen molar-refractivity contribution in [3.8, 4) is 0 Å². The van der Waals surface area contributed by atoms with E-state index < -0.39 is 0 Å². The first kappa shape index (κ1) is 11.1. The summed E-state index contributed by atoms with van der Waals surface area (Å²) in [6.07, 6.45) is 3.57. The SMILES string of the molecule is Cc1ccccc1CNc1ccncc1Br. The van der Waals surface area contributed by atoms with Gasteiger partial charge in [-0.05, 0) is 40.0 Å². The highest BCUT2D eigenvalue weighted by Crippen LogP contribution is 2.21. The monoisotopic (exact) mass is 276 g/mol. The highest BCUT2D eigenvalue weighted by atomic mass is 79.9. The van der Waals surface area contributed by atoms with E-state index in [-0.39, 0.29) is 0 Å². The summed E-state index contributed by atoms with van der Waals surface area (Å²) in [5, 5.41) is 3.38. The fourth-order valence-electron chi connectivity index (χ4n) is 1.52. The smallest absolute Gasteiger partial charge is 0.0590 e. The zero-order valence-corrected chi connectivity index (χ0v) is 10.7. The van der Waals surface area contributed by atoms with Gasteiger partial charge in [-0.1, -0.05) is 24.3 Å². The van der Waals surface area contributed by atoms with Crippen LogP contribution in [0, 0.1) is 6.92 Å². The standard InChI is InChI=1S/C13H13BrN2/c1-10-4-2-3-5-11(10)8-16-13-6-7-15-9-12(13)14/h2-7,9H,8H2,1H3,(H,15,16). The van der Waals surface area contributed by atoms with Crippen LogP contribution in [0.2, 0.25) is 0 Å². The maximum Gasteiger partial charge on any atom is 0.0590 e. The summed E-state index contributed by atoms with van der Waals surface area (Å²) in [6.45, 7) is 2.95. The van der Waals surface area contributed by atoms with E-state index in [9.17, 15) is 0 Å². The first-order chi connectivity index (χ1) is 7.77. The molecule has 0 saturated heterocycles. The Labute approximate surface area is 104 Å². The third kappa shape index (κ3) is 2.61. The molecule has 0 aliphatic heterocycles. The van der Waals surface area contributed by atoms with Crippen LogP contribution >= 0.6 is 15.9 Å². The third-order valence-corrected chi connectivity index (χ3v) is 3.13. The van der Waals surface area contributed by atoms with Gasteiger partial charge in [-0.2, -0.15) is 0 Å². The molecular weight excluding hydrogens is 264 g/mol. The highest BCUT2D eigenvalue weighted by molar-refractivity contribution is 9.10. The summed E-state index contributed by atoms with van der Waals surface area (Å²) < 4.78 is 0.989. The second-order valence-corrected chi connectivity index (χ2v) is 4.49. The van der Waals surface area contributed by atoms with E-state index in [1.807, 2.05) is 6.07 Å². The second kappa shape index (κ2) is 5.12. The van der Waals surface area contributed by atoms with Crippen molar-refractivity contribution in [1.29, 1.82) is 0 Å². The molecule has 1 heterocycles. The van der Waals surface area contributed by atoms with Gasteiger partial charge in [-0.25, -0.2) is 0 Å². The number of benzene rings is 1. The van der Waals surface area contributed by atoms with Crippen molar-refractivity contribution in [1.82, 2.24) is 4.98 Å². The average Bonchev–Trinajstić information content (AvgIpc) is 2.30. The van der Waals surface area contributed by atoms with Gasteiger partial charge in [0.1, 0.15) is 0 Å². The number of hydrogen-bond acceptors (Lipinski definition) is 2. The molecule has 0 amide bonds. The number of rotatable bonds is 3. The lowest BCUT2D eigenvalue weighted by Crippen LogP contribution is -2.01. The van der Waals surface area contributed by atoms with Crippen LogP contribution < -0.4 is 5.32 Å². The minimum Gasteiger partial charge on any atom is -0.380 e. The number of aryl methyl sites for hydroxylation is 1. The van der Waals surface area contributed by atoms with Crippen LogP contribution in [0.1, 0.15) is 11.1 Å². The van der Waals surface area contributed by atoms with Crippen molar-refractivity contribution in [3.05, 3.63) is 58.3 Å². The van der Waals surface area contributed by atoms with Gasteiger partial charge < -0.3 is 5.32 Å². The fourth-order valence-corrected chi connectivity index (χ4v) is 1.91. The van der Waals surface area contributed by atoms with Gasteiger partial charge in [-0.3, -0.25) is 4.98 Å². The average molecular weight is 277 g/mol. The molecule has 0 aliphatic rings. The Balaban J connectivity index is 2.09. The van der Waals surface area contributed by atoms with Crippen LogP contribution in [-0.2, 0) is 6.54 Å². The molecule has 1 aromatic carbocycles. The summed E-state index contributed by atoms with van der Waals surface area (Å²) in [4.78, 5) is 4.03. The highest BCUT2D eigenvalue weighted by Gasteiger charge is 2.00. The Morgan fingerprint density at radius 2 is 2.06 bits per heavy atom. The minimum absolute atomic E-state index is 0.829. The normalized spacial score (nSPS) is 10.1. The van der Waals surface area contributed by atoms with Crippen LogP contribution in [0.15, 0.2) is 47.2 Å². The Bertz CT molecular complexity index is 437. The summed E-state index contributed by atoms with van der Waals surface area (Å²) in [6, 6.07) is 10.3. The molecule has 1 aromatic heterocycles. The van der Waals surface area contributed by atoms with E-state index in [0.717, 1.165) is 16.7 Å². The molecule has 0 bridgehead atoms. The molecule has 0 aliphatic carbocycles. The predicted molar refractivity (Wildman–Crippen MR) is 70.4 cm³/mol. The van der Waals surface area contributed by atoms with Crippen LogP contribution in [0.3, 0.4) is 0 Å². The van der Waals surface area contributed by atoms with Crippen molar-refractivity contribution >= 4 is 21.6 Å². The number of anilines is 1. The molecule has 1 N–H and O–H groups in total. The molecule has 0 unspecified atom stereocenters. The molecule has 82 valence electrons. The van der Waals surface area contributed by atoms with Gasteiger partial charge in [-0.15, -0.1) is 0 Å². The quantitative estimate of drug-likeness (QED) is 0.923. The molecular formula is C13H13BrN2. The molecule has 0 atom stereocenters. The van der Waals surface area contributed by atoms with Crippen LogP contribution in [0.25, 0.3) is 0 Å². The number of hydrogen-bond donors (Lipinski definition) is 1. The maximum atomic E-state index is 4.03. The lowest BCUT2D eigenvalue weighted by molar-refractivity contribution is 1.11. The van der Waals surface area contributed by atoms with Crippen LogP contribution in [-0.4, -0.2) is 4.98 Å². The van der Waals surface area contributed by atoms with Crippen LogP contribution in [0.4, 0.5) is 5.69 Å². The lowest BCUT2D eigenvalue weighted by atomic mass is 10.1. The van der Waals surface area contributed by atoms with E-state index in [0.29, 0.717) is 0 Å². The Morgan fingerprint density at radius 1 is 1.25 bits per heavy atom. The van der Waals surface area contributed by atoms with E-state index in [4.69, 9.17) is 0 Å². The number of pyridine rings is 1. The lowest BCUT2D eigenvalue weighted by Gasteiger charge is -2.09. The first-order valence-electron chi connectivity index (χ1n) is 5.15. The van der Waals surface area contributed by atoms with Crippen LogP contribution in [0.5, 0.6) is 0 Å². The molecule has 16 heavy (non-hydrogen) atoms. The van der Waals surface area contributed by atoms with Gasteiger partial charge in [0.2, 0.25) is 0 Å². The van der Waals surface area contributed by atoms with E-state index >= 15 is 0 Å². The van der Waals surface area contributed by atoms with Gasteiger partial charge in [0.15, 0.2) is 0 Å². The minimum atomic E-state index is 0.829. The number of nitrogens with one attached hydrogen (secondary N) is 1. The molecule has 0 radical (unpaired) electrons.